The van der Waals surface area contributed by atoms with E-state index in [1.54, 1.807) is 12.1 Å². The minimum absolute atomic E-state index is 0.315. The average Bonchev–Trinajstić information content (AvgIpc) is 2.03. The van der Waals surface area contributed by atoms with Gasteiger partial charge in [-0.2, -0.15) is 0 Å². The summed E-state index contributed by atoms with van der Waals surface area (Å²) in [5, 5.41) is -0.315. The van der Waals surface area contributed by atoms with E-state index in [9.17, 15) is 9.00 Å². The van der Waals surface area contributed by atoms with Crippen molar-refractivity contribution in [1.29, 1.82) is 0 Å². The third-order valence-electron chi connectivity index (χ3n) is 1.36. The molecule has 64 valence electrons. The molecule has 0 aliphatic carbocycles. The number of nitrogens with zero attached hydrogens (tertiary/aromatic N) is 1. The molecular weight excluding hydrogens is 174 g/mol. The van der Waals surface area contributed by atoms with Gasteiger partial charge in [-0.05, 0) is 12.1 Å². The van der Waals surface area contributed by atoms with Gasteiger partial charge in [0.1, 0.15) is 22.4 Å². The SMILES string of the molecule is C[S+](C)(=O)C(=O)c1ccncc1. The van der Waals surface area contributed by atoms with Gasteiger partial charge in [0.15, 0.2) is 0 Å². The predicted octanol–water partition coefficient (Wildman–Crippen LogP) is 0.981. The molecular formula is C8H10NO2S+. The lowest BCUT2D eigenvalue weighted by Crippen LogP contribution is -2.18. The van der Waals surface area contributed by atoms with Gasteiger partial charge in [-0.3, -0.25) is 4.98 Å². The summed E-state index contributed by atoms with van der Waals surface area (Å²) in [4.78, 5) is 15.1. The van der Waals surface area contributed by atoms with Crippen molar-refractivity contribution in [3.05, 3.63) is 30.1 Å². The summed E-state index contributed by atoms with van der Waals surface area (Å²) in [7, 11) is -2.37. The van der Waals surface area contributed by atoms with Crippen molar-refractivity contribution in [3.63, 3.8) is 0 Å². The molecule has 1 heterocycles. The zero-order chi connectivity index (χ0) is 9.19. The van der Waals surface area contributed by atoms with Gasteiger partial charge in [0.05, 0.1) is 5.56 Å². The molecule has 1 rings (SSSR count). The van der Waals surface area contributed by atoms with Gasteiger partial charge in [-0.25, -0.2) is 4.79 Å². The van der Waals surface area contributed by atoms with E-state index in [1.165, 1.54) is 24.9 Å². The Morgan fingerprint density at radius 2 is 1.83 bits per heavy atom. The maximum absolute atomic E-state index is 11.4. The highest BCUT2D eigenvalue weighted by Gasteiger charge is 2.27. The Hall–Kier alpha value is -1.03. The van der Waals surface area contributed by atoms with E-state index in [1.807, 2.05) is 0 Å². The Labute approximate surface area is 72.2 Å². The van der Waals surface area contributed by atoms with Crippen LogP contribution in [-0.2, 0) is 14.1 Å². The number of carbonyl (C=O) groups is 1. The molecule has 0 aliphatic rings. The Morgan fingerprint density at radius 1 is 1.33 bits per heavy atom. The maximum Gasteiger partial charge on any atom is 0.364 e. The molecule has 0 fully saturated rings. The molecule has 0 aromatic carbocycles. The first-order valence-electron chi connectivity index (χ1n) is 3.40. The Balaban J connectivity index is 3.03. The number of hydrogen-bond donors (Lipinski definition) is 0. The highest BCUT2D eigenvalue weighted by atomic mass is 32.2. The summed E-state index contributed by atoms with van der Waals surface area (Å²) in [5.41, 5.74) is 0.458. The molecule has 0 spiro atoms. The fourth-order valence-corrected chi connectivity index (χ4v) is 1.48. The van der Waals surface area contributed by atoms with Crippen molar-refractivity contribution >= 4 is 15.0 Å². The second kappa shape index (κ2) is 3.15. The van der Waals surface area contributed by atoms with Gasteiger partial charge in [0.2, 0.25) is 0 Å². The van der Waals surface area contributed by atoms with Crippen LogP contribution in [0.3, 0.4) is 0 Å². The molecule has 0 atom stereocenters. The third-order valence-corrected chi connectivity index (χ3v) is 2.49. The van der Waals surface area contributed by atoms with Gasteiger partial charge in [-0.15, -0.1) is 0 Å². The maximum atomic E-state index is 11.4. The van der Waals surface area contributed by atoms with Crippen LogP contribution in [0.15, 0.2) is 24.5 Å². The lowest BCUT2D eigenvalue weighted by atomic mass is 10.3. The lowest BCUT2D eigenvalue weighted by Gasteiger charge is -1.97. The molecule has 0 unspecified atom stereocenters. The fourth-order valence-electron chi connectivity index (χ4n) is 0.772. The van der Waals surface area contributed by atoms with Crippen molar-refractivity contribution in [2.24, 2.45) is 0 Å². The van der Waals surface area contributed by atoms with Crippen LogP contribution in [0.1, 0.15) is 10.4 Å². The molecule has 0 bridgehead atoms. The van der Waals surface area contributed by atoms with Crippen LogP contribution in [0.2, 0.25) is 0 Å². The van der Waals surface area contributed by atoms with E-state index < -0.39 is 9.93 Å². The van der Waals surface area contributed by atoms with E-state index in [2.05, 4.69) is 4.98 Å². The normalized spacial score (nSPS) is 11.2. The molecule has 1 aromatic heterocycles. The molecule has 0 N–H and O–H groups in total. The molecule has 0 aliphatic heterocycles. The number of aromatic nitrogens is 1. The molecule has 12 heavy (non-hydrogen) atoms. The van der Waals surface area contributed by atoms with E-state index in [0.717, 1.165) is 0 Å². The van der Waals surface area contributed by atoms with Crippen molar-refractivity contribution in [3.8, 4) is 0 Å². The second-order valence-corrected chi connectivity index (χ2v) is 5.59. The summed E-state index contributed by atoms with van der Waals surface area (Å²) in [6.45, 7) is 0. The highest BCUT2D eigenvalue weighted by Crippen LogP contribution is 2.07. The smallest absolute Gasteiger partial charge is 0.265 e. The first-order valence-corrected chi connectivity index (χ1v) is 5.78. The van der Waals surface area contributed by atoms with Crippen LogP contribution in [0.4, 0.5) is 0 Å². The van der Waals surface area contributed by atoms with Crippen molar-refractivity contribution in [2.75, 3.05) is 12.5 Å². The van der Waals surface area contributed by atoms with E-state index >= 15 is 0 Å². The minimum atomic E-state index is -2.37. The topological polar surface area (TPSA) is 47.0 Å². The van der Waals surface area contributed by atoms with Crippen LogP contribution in [0.25, 0.3) is 0 Å². The zero-order valence-corrected chi connectivity index (χ0v) is 7.80. The van der Waals surface area contributed by atoms with Gasteiger partial charge in [-0.1, -0.05) is 4.21 Å². The van der Waals surface area contributed by atoms with Gasteiger partial charge in [0.25, 0.3) is 0 Å². The van der Waals surface area contributed by atoms with E-state index in [0.29, 0.717) is 5.56 Å². The molecule has 4 heteroatoms. The summed E-state index contributed by atoms with van der Waals surface area (Å²) in [5.74, 6) is 0. The second-order valence-electron chi connectivity index (χ2n) is 2.76. The molecule has 0 radical (unpaired) electrons. The van der Waals surface area contributed by atoms with Crippen molar-refractivity contribution in [2.45, 2.75) is 0 Å². The molecule has 0 saturated carbocycles. The van der Waals surface area contributed by atoms with Crippen LogP contribution >= 0.6 is 0 Å². The van der Waals surface area contributed by atoms with Crippen LogP contribution in [0.5, 0.6) is 0 Å². The van der Waals surface area contributed by atoms with Gasteiger partial charge < -0.3 is 0 Å². The highest BCUT2D eigenvalue weighted by molar-refractivity contribution is 8.15. The standard InChI is InChI=1S/C8H10NO2S/c1-12(2,11)8(10)7-3-5-9-6-4-7/h3-6H,1-2H3/q+1. The minimum Gasteiger partial charge on any atom is -0.265 e. The number of hydrogen-bond acceptors (Lipinski definition) is 3. The molecule has 0 saturated heterocycles. The first kappa shape index (κ1) is 9.06. The summed E-state index contributed by atoms with van der Waals surface area (Å²) in [6, 6.07) is 3.13. The largest absolute Gasteiger partial charge is 0.364 e. The summed E-state index contributed by atoms with van der Waals surface area (Å²) in [6.07, 6.45) is 5.91. The Kier molecular flexibility index (Phi) is 2.38. The Bertz CT molecular complexity index is 328. The number of carbonyl (C=O) groups excluding carboxylic acids is 1. The van der Waals surface area contributed by atoms with Crippen molar-refractivity contribution < 1.29 is 9.00 Å². The van der Waals surface area contributed by atoms with Gasteiger partial charge >= 0.3 is 5.12 Å². The van der Waals surface area contributed by atoms with Crippen LogP contribution in [-0.4, -0.2) is 22.6 Å². The van der Waals surface area contributed by atoms with Crippen LogP contribution < -0.4 is 0 Å². The predicted molar refractivity (Wildman–Crippen MR) is 48.5 cm³/mol. The monoisotopic (exact) mass is 184 g/mol. The molecule has 1 aromatic rings. The van der Waals surface area contributed by atoms with E-state index in [-0.39, 0.29) is 5.12 Å². The fraction of sp³-hybridized carbons (Fsp3) is 0.250. The average molecular weight is 184 g/mol. The lowest BCUT2D eigenvalue weighted by molar-refractivity contribution is 0.107. The summed E-state index contributed by atoms with van der Waals surface area (Å²) >= 11 is 0. The summed E-state index contributed by atoms with van der Waals surface area (Å²) < 4.78 is 11.3. The van der Waals surface area contributed by atoms with Crippen LogP contribution in [0, 0.1) is 0 Å². The molecule has 0 amide bonds. The Morgan fingerprint density at radius 3 is 2.25 bits per heavy atom. The quantitative estimate of drug-likeness (QED) is 0.611. The van der Waals surface area contributed by atoms with Gasteiger partial charge in [0, 0.05) is 12.4 Å². The van der Waals surface area contributed by atoms with Crippen molar-refractivity contribution in [1.82, 2.24) is 4.98 Å². The van der Waals surface area contributed by atoms with E-state index in [4.69, 9.17) is 0 Å². The molecule has 3 nitrogen and oxygen atoms in total. The first-order chi connectivity index (χ1) is 5.52. The number of pyridine rings is 1. The zero-order valence-electron chi connectivity index (χ0n) is 6.98. The third kappa shape index (κ3) is 1.98. The number of rotatable bonds is 1.